The zero-order valence-electron chi connectivity index (χ0n) is 16.5. The van der Waals surface area contributed by atoms with Crippen molar-refractivity contribution in [2.75, 3.05) is 12.4 Å². The molecule has 0 amide bonds. The molecule has 1 saturated carbocycles. The molecule has 1 aromatic heterocycles. The van der Waals surface area contributed by atoms with Gasteiger partial charge in [0.15, 0.2) is 5.89 Å². The number of thioether (sulfide) groups is 1. The fourth-order valence-corrected chi connectivity index (χ4v) is 4.34. The molecule has 0 bridgehead atoms. The van der Waals surface area contributed by atoms with Crippen molar-refractivity contribution in [2.24, 2.45) is 0 Å². The Balaban J connectivity index is 1.53. The van der Waals surface area contributed by atoms with Gasteiger partial charge in [0.25, 0.3) is 0 Å². The van der Waals surface area contributed by atoms with Crippen molar-refractivity contribution in [1.82, 2.24) is 4.98 Å². The highest BCUT2D eigenvalue weighted by atomic mass is 32.2. The van der Waals surface area contributed by atoms with Crippen LogP contribution in [0, 0.1) is 0 Å². The van der Waals surface area contributed by atoms with Crippen LogP contribution in [0.15, 0.2) is 28.7 Å². The number of ether oxygens (including phenoxy) is 1. The summed E-state index contributed by atoms with van der Waals surface area (Å²) in [6.45, 7) is 2.66. The molecule has 28 heavy (non-hydrogen) atoms. The number of carbonyl (C=O) groups is 1. The molecule has 1 aliphatic carbocycles. The van der Waals surface area contributed by atoms with Crippen LogP contribution in [0.25, 0.3) is 0 Å². The van der Waals surface area contributed by atoms with E-state index >= 15 is 0 Å². The molecule has 1 fully saturated rings. The van der Waals surface area contributed by atoms with Crippen molar-refractivity contribution in [2.45, 2.75) is 63.5 Å². The van der Waals surface area contributed by atoms with Crippen LogP contribution >= 0.6 is 11.8 Å². The molecule has 6 heteroatoms. The Morgan fingerprint density at radius 3 is 2.89 bits per heavy atom. The summed E-state index contributed by atoms with van der Waals surface area (Å²) >= 11 is 1.39. The predicted molar refractivity (Wildman–Crippen MR) is 111 cm³/mol. The molecule has 5 nitrogen and oxygen atoms in total. The third-order valence-corrected chi connectivity index (χ3v) is 6.06. The van der Waals surface area contributed by atoms with Gasteiger partial charge in [0.1, 0.15) is 11.5 Å². The van der Waals surface area contributed by atoms with Gasteiger partial charge in [0.2, 0.25) is 0 Å². The van der Waals surface area contributed by atoms with E-state index in [9.17, 15) is 4.79 Å². The Bertz CT molecular complexity index is 768. The normalized spacial score (nSPS) is 14.9. The van der Waals surface area contributed by atoms with Crippen LogP contribution in [0.3, 0.4) is 0 Å². The number of hydrogen-bond acceptors (Lipinski definition) is 5. The quantitative estimate of drug-likeness (QED) is 0.586. The number of aromatic nitrogens is 1. The third-order valence-electron chi connectivity index (χ3n) is 5.07. The minimum atomic E-state index is -0.788. The largest absolute Gasteiger partial charge is 0.493 e. The molecule has 1 heterocycles. The molecule has 1 aliphatic rings. The number of hydrogen-bond donors (Lipinski definition) is 1. The topological polar surface area (TPSA) is 72.6 Å². The summed E-state index contributed by atoms with van der Waals surface area (Å²) in [6, 6.07) is 7.85. The Morgan fingerprint density at radius 1 is 1.32 bits per heavy atom. The van der Waals surface area contributed by atoms with Crippen LogP contribution in [0.5, 0.6) is 5.75 Å². The summed E-state index contributed by atoms with van der Waals surface area (Å²) in [5.41, 5.74) is 2.09. The molecule has 0 spiro atoms. The molecule has 3 rings (SSSR count). The zero-order chi connectivity index (χ0) is 19.8. The van der Waals surface area contributed by atoms with Gasteiger partial charge in [0.05, 0.1) is 18.1 Å². The van der Waals surface area contributed by atoms with Gasteiger partial charge >= 0.3 is 5.97 Å². The molecule has 0 unspecified atom stereocenters. The standard InChI is InChI=1S/C22H29NO4S/c1-2-20-19(23-22(27-20)17-8-4-3-5-9-17)11-12-26-18-10-6-7-16(13-18)14-28-15-21(24)25/h6-7,10,13,17H,2-5,8-9,11-12,14-15H2,1H3,(H,24,25). The van der Waals surface area contributed by atoms with Gasteiger partial charge in [-0.3, -0.25) is 4.79 Å². The number of benzene rings is 1. The highest BCUT2D eigenvalue weighted by molar-refractivity contribution is 7.99. The second kappa shape index (κ2) is 10.6. The van der Waals surface area contributed by atoms with Crippen molar-refractivity contribution in [3.63, 3.8) is 0 Å². The van der Waals surface area contributed by atoms with E-state index in [2.05, 4.69) is 6.92 Å². The second-order valence-electron chi connectivity index (χ2n) is 7.24. The highest BCUT2D eigenvalue weighted by Gasteiger charge is 2.22. The molecule has 0 aliphatic heterocycles. The van der Waals surface area contributed by atoms with E-state index < -0.39 is 5.97 Å². The smallest absolute Gasteiger partial charge is 0.313 e. The number of aryl methyl sites for hydroxylation is 1. The number of carboxylic acid groups (broad SMARTS) is 1. The fraction of sp³-hybridized carbons (Fsp3) is 0.545. The lowest BCUT2D eigenvalue weighted by Gasteiger charge is -2.17. The summed E-state index contributed by atoms with van der Waals surface area (Å²) in [4.78, 5) is 15.4. The molecule has 152 valence electrons. The van der Waals surface area contributed by atoms with Crippen molar-refractivity contribution in [3.05, 3.63) is 47.2 Å². The first-order chi connectivity index (χ1) is 13.7. The van der Waals surface area contributed by atoms with E-state index in [0.29, 0.717) is 18.3 Å². The first kappa shape index (κ1) is 20.8. The van der Waals surface area contributed by atoms with Crippen LogP contribution in [0.1, 0.15) is 67.9 Å². The lowest BCUT2D eigenvalue weighted by atomic mass is 9.89. The van der Waals surface area contributed by atoms with Crippen molar-refractivity contribution < 1.29 is 19.1 Å². The molecule has 0 saturated heterocycles. The van der Waals surface area contributed by atoms with E-state index in [1.54, 1.807) is 0 Å². The average Bonchev–Trinajstić information content (AvgIpc) is 3.12. The number of nitrogens with zero attached hydrogens (tertiary/aromatic N) is 1. The van der Waals surface area contributed by atoms with Crippen LogP contribution in [-0.2, 0) is 23.4 Å². The fourth-order valence-electron chi connectivity index (χ4n) is 3.65. The predicted octanol–water partition coefficient (Wildman–Crippen LogP) is 5.22. The summed E-state index contributed by atoms with van der Waals surface area (Å²) in [5.74, 6) is 3.19. The van der Waals surface area contributed by atoms with Crippen molar-refractivity contribution in [3.8, 4) is 5.75 Å². The monoisotopic (exact) mass is 403 g/mol. The minimum Gasteiger partial charge on any atom is -0.493 e. The first-order valence-electron chi connectivity index (χ1n) is 10.2. The molecule has 0 atom stereocenters. The van der Waals surface area contributed by atoms with Crippen LogP contribution < -0.4 is 4.74 Å². The third kappa shape index (κ3) is 6.03. The Morgan fingerprint density at radius 2 is 2.14 bits per heavy atom. The van der Waals surface area contributed by atoms with Crippen molar-refractivity contribution >= 4 is 17.7 Å². The molecule has 2 aromatic rings. The van der Waals surface area contributed by atoms with Gasteiger partial charge in [-0.2, -0.15) is 0 Å². The second-order valence-corrected chi connectivity index (χ2v) is 8.23. The van der Waals surface area contributed by atoms with Gasteiger partial charge in [0, 0.05) is 24.5 Å². The maximum absolute atomic E-state index is 10.6. The molecular weight excluding hydrogens is 374 g/mol. The molecule has 1 N–H and O–H groups in total. The maximum Gasteiger partial charge on any atom is 0.313 e. The average molecular weight is 404 g/mol. The molecule has 0 radical (unpaired) electrons. The lowest BCUT2D eigenvalue weighted by Crippen LogP contribution is -2.06. The number of rotatable bonds is 10. The summed E-state index contributed by atoms with van der Waals surface area (Å²) in [7, 11) is 0. The number of aliphatic carboxylic acids is 1. The minimum absolute atomic E-state index is 0.111. The first-order valence-corrected chi connectivity index (χ1v) is 11.3. The Kier molecular flexibility index (Phi) is 7.83. The van der Waals surface area contributed by atoms with Gasteiger partial charge in [-0.05, 0) is 30.5 Å². The summed E-state index contributed by atoms with van der Waals surface area (Å²) in [6.07, 6.45) is 7.83. The summed E-state index contributed by atoms with van der Waals surface area (Å²) < 4.78 is 12.0. The van der Waals surface area contributed by atoms with Gasteiger partial charge in [-0.15, -0.1) is 11.8 Å². The molecular formula is C22H29NO4S. The van der Waals surface area contributed by atoms with Crippen LogP contribution in [0.2, 0.25) is 0 Å². The van der Waals surface area contributed by atoms with Gasteiger partial charge in [-0.1, -0.05) is 38.3 Å². The lowest BCUT2D eigenvalue weighted by molar-refractivity contribution is -0.133. The van der Waals surface area contributed by atoms with Crippen molar-refractivity contribution in [1.29, 1.82) is 0 Å². The van der Waals surface area contributed by atoms with Gasteiger partial charge in [-0.25, -0.2) is 4.98 Å². The zero-order valence-corrected chi connectivity index (χ0v) is 17.3. The van der Waals surface area contributed by atoms with E-state index in [0.717, 1.165) is 41.5 Å². The van der Waals surface area contributed by atoms with E-state index in [1.807, 2.05) is 24.3 Å². The Hall–Kier alpha value is -1.95. The van der Waals surface area contributed by atoms with Crippen LogP contribution in [-0.4, -0.2) is 28.4 Å². The van der Waals surface area contributed by atoms with E-state index in [-0.39, 0.29) is 5.75 Å². The van der Waals surface area contributed by atoms with Gasteiger partial charge < -0.3 is 14.3 Å². The van der Waals surface area contributed by atoms with E-state index in [4.69, 9.17) is 19.2 Å². The highest BCUT2D eigenvalue weighted by Crippen LogP contribution is 2.33. The maximum atomic E-state index is 10.6. The molecule has 1 aromatic carbocycles. The van der Waals surface area contributed by atoms with E-state index in [1.165, 1.54) is 43.9 Å². The number of oxazole rings is 1. The Labute approximate surface area is 170 Å². The van der Waals surface area contributed by atoms with Crippen LogP contribution in [0.4, 0.5) is 0 Å². The summed E-state index contributed by atoms with van der Waals surface area (Å²) in [5, 5.41) is 8.74. The number of carboxylic acids is 1. The SMILES string of the molecule is CCc1oc(C2CCCCC2)nc1CCOc1cccc(CSCC(=O)O)c1.